The van der Waals surface area contributed by atoms with E-state index >= 15 is 0 Å². The third kappa shape index (κ3) is 4.23. The summed E-state index contributed by atoms with van der Waals surface area (Å²) in [5.41, 5.74) is 0.992. The minimum absolute atomic E-state index is 0.135. The summed E-state index contributed by atoms with van der Waals surface area (Å²) >= 11 is 0. The van der Waals surface area contributed by atoms with E-state index in [9.17, 15) is 14.9 Å². The van der Waals surface area contributed by atoms with Crippen molar-refractivity contribution >= 4 is 11.6 Å². The van der Waals surface area contributed by atoms with Crippen molar-refractivity contribution in [3.63, 3.8) is 0 Å². The summed E-state index contributed by atoms with van der Waals surface area (Å²) in [5.74, 6) is 1.26. The molecule has 0 N–H and O–H groups in total. The van der Waals surface area contributed by atoms with Gasteiger partial charge >= 0.3 is 0 Å². The Balaban J connectivity index is 1.65. The van der Waals surface area contributed by atoms with Gasteiger partial charge in [0.2, 0.25) is 0 Å². The molecule has 28 heavy (non-hydrogen) atoms. The van der Waals surface area contributed by atoms with Crippen LogP contribution in [0.25, 0.3) is 0 Å². The number of piperazine rings is 1. The second kappa shape index (κ2) is 8.71. The van der Waals surface area contributed by atoms with Gasteiger partial charge in [-0.3, -0.25) is 19.8 Å². The van der Waals surface area contributed by atoms with Crippen LogP contribution in [0.15, 0.2) is 42.5 Å². The maximum Gasteiger partial charge on any atom is 0.282 e. The number of rotatable bonds is 6. The summed E-state index contributed by atoms with van der Waals surface area (Å²) in [7, 11) is 3.26. The predicted octanol–water partition coefficient (Wildman–Crippen LogP) is 2.57. The average molecular weight is 385 g/mol. The predicted molar refractivity (Wildman–Crippen MR) is 104 cm³/mol. The molecule has 0 bridgehead atoms. The minimum atomic E-state index is -0.515. The van der Waals surface area contributed by atoms with Crippen molar-refractivity contribution in [1.29, 1.82) is 0 Å². The van der Waals surface area contributed by atoms with Gasteiger partial charge in [-0.2, -0.15) is 0 Å². The summed E-state index contributed by atoms with van der Waals surface area (Å²) in [6.07, 6.45) is 0. The lowest BCUT2D eigenvalue weighted by atomic mass is 10.1. The molecular weight excluding hydrogens is 362 g/mol. The molecule has 0 saturated carbocycles. The fourth-order valence-corrected chi connectivity index (χ4v) is 3.34. The molecule has 148 valence electrons. The van der Waals surface area contributed by atoms with E-state index in [0.717, 1.165) is 17.1 Å². The molecule has 8 nitrogen and oxygen atoms in total. The molecule has 0 atom stereocenters. The van der Waals surface area contributed by atoms with Gasteiger partial charge in [-0.05, 0) is 24.3 Å². The lowest BCUT2D eigenvalue weighted by Crippen LogP contribution is -2.48. The standard InChI is InChI=1S/C20H23N3O5/c1-27-16-7-8-19(28-2)15(13-16)14-21-9-11-22(12-10-21)20(24)17-5-3-4-6-18(17)23(25)26/h3-8,13H,9-12,14H2,1-2H3. The fraction of sp³-hybridized carbons (Fsp3) is 0.350. The van der Waals surface area contributed by atoms with Gasteiger partial charge in [0.15, 0.2) is 0 Å². The molecule has 8 heteroatoms. The Morgan fingerprint density at radius 3 is 2.43 bits per heavy atom. The number of amides is 1. The van der Waals surface area contributed by atoms with E-state index in [0.29, 0.717) is 32.7 Å². The highest BCUT2D eigenvalue weighted by atomic mass is 16.6. The third-order valence-electron chi connectivity index (χ3n) is 4.87. The van der Waals surface area contributed by atoms with E-state index in [-0.39, 0.29) is 17.2 Å². The number of nitrogens with zero attached hydrogens (tertiary/aromatic N) is 3. The number of nitro groups is 1. The van der Waals surface area contributed by atoms with Gasteiger partial charge in [0, 0.05) is 44.4 Å². The Morgan fingerprint density at radius 2 is 1.79 bits per heavy atom. The van der Waals surface area contributed by atoms with Gasteiger partial charge in [0.05, 0.1) is 19.1 Å². The molecule has 0 aromatic heterocycles. The molecule has 1 aliphatic rings. The summed E-state index contributed by atoms with van der Waals surface area (Å²) in [6, 6.07) is 11.8. The Hall–Kier alpha value is -3.13. The van der Waals surface area contributed by atoms with Crippen LogP contribution in [0.1, 0.15) is 15.9 Å². The number of nitro benzene ring substituents is 1. The average Bonchev–Trinajstić information content (AvgIpc) is 2.73. The first-order valence-electron chi connectivity index (χ1n) is 8.99. The summed E-state index contributed by atoms with van der Waals surface area (Å²) in [6.45, 7) is 3.04. The lowest BCUT2D eigenvalue weighted by Gasteiger charge is -2.35. The minimum Gasteiger partial charge on any atom is -0.497 e. The highest BCUT2D eigenvalue weighted by molar-refractivity contribution is 5.98. The zero-order valence-corrected chi connectivity index (χ0v) is 16.0. The second-order valence-electron chi connectivity index (χ2n) is 6.52. The molecule has 1 amide bonds. The Kier molecular flexibility index (Phi) is 6.10. The quantitative estimate of drug-likeness (QED) is 0.561. The largest absolute Gasteiger partial charge is 0.497 e. The Morgan fingerprint density at radius 1 is 1.07 bits per heavy atom. The van der Waals surface area contributed by atoms with E-state index < -0.39 is 4.92 Å². The van der Waals surface area contributed by atoms with Crippen molar-refractivity contribution in [3.8, 4) is 11.5 Å². The van der Waals surface area contributed by atoms with Gasteiger partial charge < -0.3 is 14.4 Å². The zero-order chi connectivity index (χ0) is 20.1. The van der Waals surface area contributed by atoms with Crippen molar-refractivity contribution in [2.24, 2.45) is 0 Å². The molecule has 1 heterocycles. The molecule has 0 aliphatic carbocycles. The maximum atomic E-state index is 12.7. The molecule has 2 aromatic rings. The molecule has 2 aromatic carbocycles. The van der Waals surface area contributed by atoms with Crippen LogP contribution in [-0.2, 0) is 6.54 Å². The van der Waals surface area contributed by atoms with Crippen LogP contribution >= 0.6 is 0 Å². The molecule has 3 rings (SSSR count). The molecule has 0 radical (unpaired) electrons. The van der Waals surface area contributed by atoms with Crippen molar-refractivity contribution in [3.05, 3.63) is 63.7 Å². The number of hydrogen-bond acceptors (Lipinski definition) is 6. The van der Waals surface area contributed by atoms with Crippen LogP contribution in [-0.4, -0.2) is 61.0 Å². The zero-order valence-electron chi connectivity index (χ0n) is 16.0. The van der Waals surface area contributed by atoms with Crippen LogP contribution in [0.3, 0.4) is 0 Å². The van der Waals surface area contributed by atoms with E-state index in [2.05, 4.69) is 4.90 Å². The number of methoxy groups -OCH3 is 2. The highest BCUT2D eigenvalue weighted by Gasteiger charge is 2.27. The summed E-state index contributed by atoms with van der Waals surface area (Å²) in [5, 5.41) is 11.2. The number of hydrogen-bond donors (Lipinski definition) is 0. The molecule has 1 fully saturated rings. The van der Waals surface area contributed by atoms with Crippen LogP contribution in [0.5, 0.6) is 11.5 Å². The molecule has 1 saturated heterocycles. The SMILES string of the molecule is COc1ccc(OC)c(CN2CCN(C(=O)c3ccccc3[N+](=O)[O-])CC2)c1. The second-order valence-corrected chi connectivity index (χ2v) is 6.52. The Labute approximate surface area is 163 Å². The molecule has 0 spiro atoms. The first-order chi connectivity index (χ1) is 13.5. The van der Waals surface area contributed by atoms with Crippen LogP contribution in [0.2, 0.25) is 0 Å². The van der Waals surface area contributed by atoms with Crippen LogP contribution in [0, 0.1) is 10.1 Å². The van der Waals surface area contributed by atoms with Crippen molar-refractivity contribution < 1.29 is 19.2 Å². The summed E-state index contributed by atoms with van der Waals surface area (Å²) < 4.78 is 10.7. The van der Waals surface area contributed by atoms with E-state index in [1.807, 2.05) is 18.2 Å². The van der Waals surface area contributed by atoms with Gasteiger partial charge in [-0.25, -0.2) is 0 Å². The number of carbonyl (C=O) groups is 1. The maximum absolute atomic E-state index is 12.7. The van der Waals surface area contributed by atoms with Crippen molar-refractivity contribution in [2.45, 2.75) is 6.54 Å². The van der Waals surface area contributed by atoms with Gasteiger partial charge in [-0.1, -0.05) is 12.1 Å². The van der Waals surface area contributed by atoms with Crippen LogP contribution < -0.4 is 9.47 Å². The van der Waals surface area contributed by atoms with E-state index in [4.69, 9.17) is 9.47 Å². The highest BCUT2D eigenvalue weighted by Crippen LogP contribution is 2.26. The van der Waals surface area contributed by atoms with Crippen LogP contribution in [0.4, 0.5) is 5.69 Å². The Bertz CT molecular complexity index is 863. The topological polar surface area (TPSA) is 85.2 Å². The molecular formula is C20H23N3O5. The monoisotopic (exact) mass is 385 g/mol. The molecule has 1 aliphatic heterocycles. The van der Waals surface area contributed by atoms with Gasteiger partial charge in [0.1, 0.15) is 17.1 Å². The van der Waals surface area contributed by atoms with Gasteiger partial charge in [-0.15, -0.1) is 0 Å². The van der Waals surface area contributed by atoms with Crippen molar-refractivity contribution in [1.82, 2.24) is 9.80 Å². The third-order valence-corrected chi connectivity index (χ3v) is 4.87. The van der Waals surface area contributed by atoms with Crippen molar-refractivity contribution in [2.75, 3.05) is 40.4 Å². The molecule has 0 unspecified atom stereocenters. The number of para-hydroxylation sites is 1. The number of benzene rings is 2. The number of carbonyl (C=O) groups excluding carboxylic acids is 1. The first-order valence-corrected chi connectivity index (χ1v) is 8.99. The first kappa shape index (κ1) is 19.6. The fourth-order valence-electron chi connectivity index (χ4n) is 3.34. The van der Waals surface area contributed by atoms with Gasteiger partial charge in [0.25, 0.3) is 11.6 Å². The normalized spacial score (nSPS) is 14.6. The number of ether oxygens (including phenoxy) is 2. The smallest absolute Gasteiger partial charge is 0.282 e. The summed E-state index contributed by atoms with van der Waals surface area (Å²) in [4.78, 5) is 27.3. The van der Waals surface area contributed by atoms with E-state index in [1.165, 1.54) is 12.1 Å². The van der Waals surface area contributed by atoms with E-state index in [1.54, 1.807) is 31.3 Å². The lowest BCUT2D eigenvalue weighted by molar-refractivity contribution is -0.385.